The van der Waals surface area contributed by atoms with Gasteiger partial charge in [-0.2, -0.15) is 0 Å². The number of nitrogens with one attached hydrogen (secondary N) is 1. The molecular formula is C14H18N2O2. The quantitative estimate of drug-likeness (QED) is 0.850. The first kappa shape index (κ1) is 11.5. The fourth-order valence-corrected chi connectivity index (χ4v) is 2.91. The fourth-order valence-electron chi connectivity index (χ4n) is 2.91. The Morgan fingerprint density at radius 3 is 2.94 bits per heavy atom. The number of ether oxygens (including phenoxy) is 1. The van der Waals surface area contributed by atoms with E-state index in [0.29, 0.717) is 5.41 Å². The van der Waals surface area contributed by atoms with Gasteiger partial charge in [0, 0.05) is 30.6 Å². The molecule has 3 rings (SSSR count). The van der Waals surface area contributed by atoms with E-state index in [1.54, 1.807) is 13.2 Å². The highest BCUT2D eigenvalue weighted by Gasteiger charge is 2.46. The predicted molar refractivity (Wildman–Crippen MR) is 68.8 cm³/mol. The zero-order valence-electron chi connectivity index (χ0n) is 10.6. The zero-order chi connectivity index (χ0) is 12.6. The highest BCUT2D eigenvalue weighted by atomic mass is 16.5. The lowest BCUT2D eigenvalue weighted by Crippen LogP contribution is -2.59. The Balaban J connectivity index is 1.68. The number of hydrogen-bond donors (Lipinski definition) is 1. The van der Waals surface area contributed by atoms with Gasteiger partial charge < -0.3 is 15.0 Å². The van der Waals surface area contributed by atoms with Crippen molar-refractivity contribution in [3.8, 4) is 5.75 Å². The summed E-state index contributed by atoms with van der Waals surface area (Å²) in [6.45, 7) is 3.90. The largest absolute Gasteiger partial charge is 0.497 e. The van der Waals surface area contributed by atoms with Crippen molar-refractivity contribution in [1.29, 1.82) is 0 Å². The van der Waals surface area contributed by atoms with Crippen molar-refractivity contribution in [1.82, 2.24) is 10.2 Å². The molecule has 2 fully saturated rings. The first-order valence-corrected chi connectivity index (χ1v) is 6.37. The maximum atomic E-state index is 12.3. The third-order valence-corrected chi connectivity index (χ3v) is 3.99. The van der Waals surface area contributed by atoms with E-state index in [1.807, 2.05) is 23.1 Å². The Bertz CT molecular complexity index is 459. The van der Waals surface area contributed by atoms with Crippen LogP contribution >= 0.6 is 0 Å². The van der Waals surface area contributed by atoms with Crippen LogP contribution in [0, 0.1) is 5.41 Å². The number of benzene rings is 1. The van der Waals surface area contributed by atoms with Gasteiger partial charge in [-0.1, -0.05) is 6.07 Å². The molecule has 0 atom stereocenters. The minimum atomic E-state index is 0.117. The summed E-state index contributed by atoms with van der Waals surface area (Å²) in [7, 11) is 1.62. The summed E-state index contributed by atoms with van der Waals surface area (Å²) >= 11 is 0. The van der Waals surface area contributed by atoms with Gasteiger partial charge in [0.15, 0.2) is 0 Å². The van der Waals surface area contributed by atoms with E-state index in [1.165, 1.54) is 6.42 Å². The molecule has 0 unspecified atom stereocenters. The average molecular weight is 246 g/mol. The van der Waals surface area contributed by atoms with Gasteiger partial charge >= 0.3 is 0 Å². The van der Waals surface area contributed by atoms with Crippen molar-refractivity contribution in [2.75, 3.05) is 33.3 Å². The lowest BCUT2D eigenvalue weighted by atomic mass is 9.79. The van der Waals surface area contributed by atoms with Gasteiger partial charge in [-0.15, -0.1) is 0 Å². The molecule has 0 bridgehead atoms. The third kappa shape index (κ3) is 1.86. The second kappa shape index (κ2) is 4.28. The molecule has 2 aliphatic heterocycles. The van der Waals surface area contributed by atoms with Crippen LogP contribution in [0.1, 0.15) is 16.8 Å². The maximum absolute atomic E-state index is 12.3. The molecular weight excluding hydrogens is 228 g/mol. The molecule has 1 spiro atoms. The van der Waals surface area contributed by atoms with Crippen molar-refractivity contribution in [2.24, 2.45) is 5.41 Å². The molecule has 2 heterocycles. The van der Waals surface area contributed by atoms with Crippen LogP contribution in [0.15, 0.2) is 24.3 Å². The molecule has 2 aliphatic rings. The lowest BCUT2D eigenvalue weighted by molar-refractivity contribution is 0.0159. The molecule has 1 amide bonds. The molecule has 18 heavy (non-hydrogen) atoms. The van der Waals surface area contributed by atoms with Crippen LogP contribution < -0.4 is 10.1 Å². The monoisotopic (exact) mass is 246 g/mol. The molecule has 1 aromatic carbocycles. The standard InChI is InChI=1S/C14H18N2O2/c1-18-12-4-2-3-11(7-12)13(17)16-9-14(10-16)5-6-15-8-14/h2-4,7,15H,5-6,8-10H2,1H3. The summed E-state index contributed by atoms with van der Waals surface area (Å²) in [6.07, 6.45) is 1.19. The molecule has 2 saturated heterocycles. The molecule has 0 radical (unpaired) electrons. The van der Waals surface area contributed by atoms with E-state index < -0.39 is 0 Å². The smallest absolute Gasteiger partial charge is 0.254 e. The van der Waals surface area contributed by atoms with Crippen molar-refractivity contribution < 1.29 is 9.53 Å². The second-order valence-corrected chi connectivity index (χ2v) is 5.32. The molecule has 1 N–H and O–H groups in total. The normalized spacial score (nSPS) is 20.8. The van der Waals surface area contributed by atoms with Gasteiger partial charge in [0.1, 0.15) is 5.75 Å². The lowest BCUT2D eigenvalue weighted by Gasteiger charge is -2.47. The van der Waals surface area contributed by atoms with E-state index in [2.05, 4.69) is 5.32 Å². The Morgan fingerprint density at radius 2 is 2.28 bits per heavy atom. The third-order valence-electron chi connectivity index (χ3n) is 3.99. The number of likely N-dealkylation sites (tertiary alicyclic amines) is 1. The minimum absolute atomic E-state index is 0.117. The summed E-state index contributed by atoms with van der Waals surface area (Å²) in [5.41, 5.74) is 1.07. The highest BCUT2D eigenvalue weighted by molar-refractivity contribution is 5.95. The molecule has 96 valence electrons. The van der Waals surface area contributed by atoms with Gasteiger partial charge in [-0.25, -0.2) is 0 Å². The molecule has 0 aromatic heterocycles. The van der Waals surface area contributed by atoms with Gasteiger partial charge in [-0.05, 0) is 31.2 Å². The summed E-state index contributed by atoms with van der Waals surface area (Å²) < 4.78 is 5.15. The van der Waals surface area contributed by atoms with E-state index in [0.717, 1.165) is 37.5 Å². The number of amides is 1. The number of rotatable bonds is 2. The Hall–Kier alpha value is -1.55. The van der Waals surface area contributed by atoms with Crippen LogP contribution in [0.2, 0.25) is 0 Å². The number of methoxy groups -OCH3 is 1. The predicted octanol–water partition coefficient (Wildman–Crippen LogP) is 1.13. The maximum Gasteiger partial charge on any atom is 0.254 e. The van der Waals surface area contributed by atoms with Crippen LogP contribution in [0.5, 0.6) is 5.75 Å². The van der Waals surface area contributed by atoms with Gasteiger partial charge in [-0.3, -0.25) is 4.79 Å². The number of carbonyl (C=O) groups is 1. The Labute approximate surface area is 107 Å². The van der Waals surface area contributed by atoms with Crippen LogP contribution in [0.3, 0.4) is 0 Å². The second-order valence-electron chi connectivity index (χ2n) is 5.32. The fraction of sp³-hybridized carbons (Fsp3) is 0.500. The Kier molecular flexibility index (Phi) is 2.74. The van der Waals surface area contributed by atoms with Crippen LogP contribution in [-0.4, -0.2) is 44.1 Å². The molecule has 1 aromatic rings. The molecule has 0 aliphatic carbocycles. The summed E-state index contributed by atoms with van der Waals surface area (Å²) in [6, 6.07) is 7.37. The van der Waals surface area contributed by atoms with Crippen molar-refractivity contribution >= 4 is 5.91 Å². The van der Waals surface area contributed by atoms with E-state index in [-0.39, 0.29) is 5.91 Å². The molecule has 4 nitrogen and oxygen atoms in total. The minimum Gasteiger partial charge on any atom is -0.497 e. The van der Waals surface area contributed by atoms with Crippen molar-refractivity contribution in [3.63, 3.8) is 0 Å². The van der Waals surface area contributed by atoms with E-state index in [4.69, 9.17) is 4.74 Å². The SMILES string of the molecule is COc1cccc(C(=O)N2CC3(CCNC3)C2)c1. The average Bonchev–Trinajstić information content (AvgIpc) is 2.86. The molecule has 0 saturated carbocycles. The first-order chi connectivity index (χ1) is 8.72. The number of carbonyl (C=O) groups excluding carboxylic acids is 1. The van der Waals surface area contributed by atoms with Crippen LogP contribution in [-0.2, 0) is 0 Å². The summed E-state index contributed by atoms with van der Waals surface area (Å²) in [5, 5.41) is 3.37. The Morgan fingerprint density at radius 1 is 1.44 bits per heavy atom. The van der Waals surface area contributed by atoms with Crippen LogP contribution in [0.25, 0.3) is 0 Å². The molecule has 4 heteroatoms. The summed E-state index contributed by atoms with van der Waals surface area (Å²) in [4.78, 5) is 14.2. The summed E-state index contributed by atoms with van der Waals surface area (Å²) in [5.74, 6) is 0.852. The van der Waals surface area contributed by atoms with Gasteiger partial charge in [0.25, 0.3) is 5.91 Å². The first-order valence-electron chi connectivity index (χ1n) is 6.37. The van der Waals surface area contributed by atoms with E-state index in [9.17, 15) is 4.79 Å². The number of nitrogens with zero attached hydrogens (tertiary/aromatic N) is 1. The number of hydrogen-bond acceptors (Lipinski definition) is 3. The van der Waals surface area contributed by atoms with Gasteiger partial charge in [0.2, 0.25) is 0 Å². The van der Waals surface area contributed by atoms with E-state index >= 15 is 0 Å². The van der Waals surface area contributed by atoms with Crippen LogP contribution in [0.4, 0.5) is 0 Å². The topological polar surface area (TPSA) is 41.6 Å². The highest BCUT2D eigenvalue weighted by Crippen LogP contribution is 2.36. The van der Waals surface area contributed by atoms with Gasteiger partial charge in [0.05, 0.1) is 7.11 Å². The zero-order valence-corrected chi connectivity index (χ0v) is 10.6. The van der Waals surface area contributed by atoms with Crippen molar-refractivity contribution in [3.05, 3.63) is 29.8 Å². The van der Waals surface area contributed by atoms with Crippen molar-refractivity contribution in [2.45, 2.75) is 6.42 Å².